The fraction of sp³-hybridized carbons (Fsp3) is 0.100. The van der Waals surface area contributed by atoms with Crippen LogP contribution in [-0.4, -0.2) is 11.0 Å². The molecule has 0 aliphatic carbocycles. The molecule has 1 aromatic heterocycles. The summed E-state index contributed by atoms with van der Waals surface area (Å²) in [7, 11) is 0. The normalized spacial score (nSPS) is 12.8. The van der Waals surface area contributed by atoms with E-state index in [9.17, 15) is 9.90 Å². The zero-order chi connectivity index (χ0) is 18.6. The highest BCUT2D eigenvalue weighted by Crippen LogP contribution is 2.31. The van der Waals surface area contributed by atoms with Crippen LogP contribution in [0.2, 0.25) is 5.02 Å². The third-order valence-electron chi connectivity index (χ3n) is 3.95. The molecule has 0 saturated heterocycles. The van der Waals surface area contributed by atoms with Gasteiger partial charge in [0.05, 0.1) is 10.6 Å². The van der Waals surface area contributed by atoms with Gasteiger partial charge >= 0.3 is 0 Å². The zero-order valence-corrected chi connectivity index (χ0v) is 15.2. The van der Waals surface area contributed by atoms with Gasteiger partial charge in [0.15, 0.2) is 5.60 Å². The van der Waals surface area contributed by atoms with Crippen LogP contribution in [0.15, 0.2) is 66.0 Å². The highest BCUT2D eigenvalue weighted by atomic mass is 35.5. The summed E-state index contributed by atoms with van der Waals surface area (Å²) >= 11 is 7.34. The molecule has 26 heavy (non-hydrogen) atoms. The number of rotatable bonds is 5. The maximum atomic E-state index is 12.9. The quantitative estimate of drug-likeness (QED) is 0.689. The third-order valence-corrected chi connectivity index (χ3v) is 5.29. The number of nitrogens with zero attached hydrogens (tertiary/aromatic N) is 1. The summed E-state index contributed by atoms with van der Waals surface area (Å²) < 4.78 is 0. The second-order valence-corrected chi connectivity index (χ2v) is 7.12. The summed E-state index contributed by atoms with van der Waals surface area (Å²) in [5, 5.41) is 25.0. The van der Waals surface area contributed by atoms with Crippen LogP contribution in [0, 0.1) is 11.3 Å². The fourth-order valence-electron chi connectivity index (χ4n) is 2.60. The van der Waals surface area contributed by atoms with E-state index in [4.69, 9.17) is 16.9 Å². The number of halogens is 1. The summed E-state index contributed by atoms with van der Waals surface area (Å²) in [6.45, 7) is 0. The van der Waals surface area contributed by atoms with E-state index in [1.54, 1.807) is 18.2 Å². The van der Waals surface area contributed by atoms with Crippen molar-refractivity contribution in [2.24, 2.45) is 0 Å². The standard InChI is InChI=1S/C20H15ClN2O2S/c21-17-11-16(9-8-15(17)13-22)23-19(24)20(25,18-7-4-10-26-18)12-14-5-2-1-3-6-14/h1-11,25H,12H2,(H,23,24). The lowest BCUT2D eigenvalue weighted by Crippen LogP contribution is -2.41. The Morgan fingerprint density at radius 3 is 2.58 bits per heavy atom. The Morgan fingerprint density at radius 2 is 1.96 bits per heavy atom. The molecule has 1 amide bonds. The molecule has 1 atom stereocenters. The van der Waals surface area contributed by atoms with Gasteiger partial charge in [-0.1, -0.05) is 48.0 Å². The summed E-state index contributed by atoms with van der Waals surface area (Å²) in [6, 6.07) is 19.4. The van der Waals surface area contributed by atoms with E-state index >= 15 is 0 Å². The molecule has 0 aliphatic heterocycles. The number of amides is 1. The summed E-state index contributed by atoms with van der Waals surface area (Å²) in [4.78, 5) is 13.5. The Balaban J connectivity index is 1.91. The first-order valence-electron chi connectivity index (χ1n) is 7.84. The molecule has 3 rings (SSSR count). The molecule has 6 heteroatoms. The van der Waals surface area contributed by atoms with Gasteiger partial charge in [0.1, 0.15) is 6.07 Å². The second kappa shape index (κ2) is 7.71. The van der Waals surface area contributed by atoms with Crippen LogP contribution in [-0.2, 0) is 16.8 Å². The van der Waals surface area contributed by atoms with Crippen molar-refractivity contribution in [1.29, 1.82) is 5.26 Å². The van der Waals surface area contributed by atoms with E-state index in [-0.39, 0.29) is 11.4 Å². The van der Waals surface area contributed by atoms with Crippen molar-refractivity contribution in [3.05, 3.63) is 87.1 Å². The molecule has 0 aliphatic rings. The molecule has 1 heterocycles. The minimum Gasteiger partial charge on any atom is -0.374 e. The van der Waals surface area contributed by atoms with Crippen LogP contribution in [0.4, 0.5) is 5.69 Å². The molecule has 2 aromatic carbocycles. The molecule has 1 unspecified atom stereocenters. The van der Waals surface area contributed by atoms with Gasteiger partial charge in [0.2, 0.25) is 0 Å². The molecular formula is C20H15ClN2O2S. The minimum absolute atomic E-state index is 0.143. The van der Waals surface area contributed by atoms with Gasteiger partial charge in [0.25, 0.3) is 5.91 Å². The minimum atomic E-state index is -1.71. The van der Waals surface area contributed by atoms with Crippen LogP contribution >= 0.6 is 22.9 Å². The topological polar surface area (TPSA) is 73.1 Å². The molecule has 130 valence electrons. The van der Waals surface area contributed by atoms with E-state index < -0.39 is 11.5 Å². The molecule has 2 N–H and O–H groups in total. The lowest BCUT2D eigenvalue weighted by Gasteiger charge is -2.26. The summed E-state index contributed by atoms with van der Waals surface area (Å²) in [5.74, 6) is -0.551. The molecule has 0 radical (unpaired) electrons. The lowest BCUT2D eigenvalue weighted by molar-refractivity contribution is -0.134. The first-order chi connectivity index (χ1) is 12.5. The van der Waals surface area contributed by atoms with E-state index in [1.807, 2.05) is 41.8 Å². The van der Waals surface area contributed by atoms with Gasteiger partial charge in [-0.3, -0.25) is 4.79 Å². The number of aliphatic hydroxyl groups is 1. The highest BCUT2D eigenvalue weighted by Gasteiger charge is 2.39. The van der Waals surface area contributed by atoms with E-state index in [2.05, 4.69) is 5.32 Å². The number of benzene rings is 2. The van der Waals surface area contributed by atoms with Gasteiger partial charge in [-0.2, -0.15) is 5.26 Å². The number of nitrogens with one attached hydrogen (secondary N) is 1. The van der Waals surface area contributed by atoms with Crippen LogP contribution in [0.5, 0.6) is 0 Å². The summed E-state index contributed by atoms with van der Waals surface area (Å²) in [6.07, 6.45) is 0.143. The molecular weight excluding hydrogens is 368 g/mol. The first-order valence-corrected chi connectivity index (χ1v) is 9.10. The monoisotopic (exact) mass is 382 g/mol. The Kier molecular flexibility index (Phi) is 5.38. The lowest BCUT2D eigenvalue weighted by atomic mass is 9.91. The molecule has 4 nitrogen and oxygen atoms in total. The van der Waals surface area contributed by atoms with Gasteiger partial charge in [-0.15, -0.1) is 11.3 Å². The van der Waals surface area contributed by atoms with Crippen molar-refractivity contribution < 1.29 is 9.90 Å². The fourth-order valence-corrected chi connectivity index (χ4v) is 3.65. The SMILES string of the molecule is N#Cc1ccc(NC(=O)C(O)(Cc2ccccc2)c2cccs2)cc1Cl. The molecule has 0 fully saturated rings. The maximum absolute atomic E-state index is 12.9. The van der Waals surface area contributed by atoms with Gasteiger partial charge < -0.3 is 10.4 Å². The number of nitriles is 1. The predicted octanol–water partition coefficient (Wildman–Crippen LogP) is 4.34. The largest absolute Gasteiger partial charge is 0.374 e. The van der Waals surface area contributed by atoms with Gasteiger partial charge in [-0.05, 0) is 35.2 Å². The number of carbonyl (C=O) groups is 1. The van der Waals surface area contributed by atoms with Crippen molar-refractivity contribution in [3.63, 3.8) is 0 Å². The zero-order valence-electron chi connectivity index (χ0n) is 13.6. The van der Waals surface area contributed by atoms with Gasteiger partial charge in [-0.25, -0.2) is 0 Å². The molecule has 0 bridgehead atoms. The molecule has 0 spiro atoms. The first kappa shape index (κ1) is 18.2. The van der Waals surface area contributed by atoms with Crippen molar-refractivity contribution in [2.75, 3.05) is 5.32 Å². The van der Waals surface area contributed by atoms with Crippen molar-refractivity contribution in [2.45, 2.75) is 12.0 Å². The number of hydrogen-bond donors (Lipinski definition) is 2. The third kappa shape index (κ3) is 3.78. The molecule has 3 aromatic rings. The number of anilines is 1. The average Bonchev–Trinajstić information content (AvgIpc) is 3.18. The van der Waals surface area contributed by atoms with Crippen LogP contribution in [0.3, 0.4) is 0 Å². The Labute approximate surface area is 160 Å². The van der Waals surface area contributed by atoms with Crippen molar-refractivity contribution in [1.82, 2.24) is 0 Å². The number of hydrogen-bond acceptors (Lipinski definition) is 4. The van der Waals surface area contributed by atoms with Crippen molar-refractivity contribution in [3.8, 4) is 6.07 Å². The number of thiophene rings is 1. The van der Waals surface area contributed by atoms with E-state index in [0.717, 1.165) is 5.56 Å². The Hall–Kier alpha value is -2.65. The predicted molar refractivity (Wildman–Crippen MR) is 103 cm³/mol. The van der Waals surface area contributed by atoms with E-state index in [0.29, 0.717) is 16.1 Å². The Morgan fingerprint density at radius 1 is 1.19 bits per heavy atom. The van der Waals surface area contributed by atoms with Crippen LogP contribution in [0.1, 0.15) is 16.0 Å². The highest BCUT2D eigenvalue weighted by molar-refractivity contribution is 7.10. The average molecular weight is 383 g/mol. The Bertz CT molecular complexity index is 952. The number of carbonyl (C=O) groups excluding carboxylic acids is 1. The second-order valence-electron chi connectivity index (χ2n) is 5.76. The van der Waals surface area contributed by atoms with Crippen LogP contribution in [0.25, 0.3) is 0 Å². The van der Waals surface area contributed by atoms with Crippen molar-refractivity contribution >= 4 is 34.5 Å². The summed E-state index contributed by atoms with van der Waals surface area (Å²) in [5.41, 5.74) is -0.128. The maximum Gasteiger partial charge on any atom is 0.262 e. The smallest absolute Gasteiger partial charge is 0.262 e. The van der Waals surface area contributed by atoms with Crippen LogP contribution < -0.4 is 5.32 Å². The van der Waals surface area contributed by atoms with Gasteiger partial charge in [0, 0.05) is 17.0 Å². The van der Waals surface area contributed by atoms with E-state index in [1.165, 1.54) is 23.5 Å². The molecule has 0 saturated carbocycles.